The van der Waals surface area contributed by atoms with Crippen LogP contribution in [0.3, 0.4) is 0 Å². The standard InChI is InChI=1S/C18H14ClN3O3/c19-12-2-4-14(20-8-12)10-1-3-13-11(7-10)9-22(18(13)25)15-5-6-16(23)21-17(15)24/h1-4,7-8,15H,5-6,9H2,(H,21,23,24). The number of hydrogen-bond acceptors (Lipinski definition) is 4. The molecule has 1 fully saturated rings. The van der Waals surface area contributed by atoms with Gasteiger partial charge in [-0.2, -0.15) is 0 Å². The van der Waals surface area contributed by atoms with Crippen molar-refractivity contribution >= 4 is 29.3 Å². The van der Waals surface area contributed by atoms with Gasteiger partial charge in [-0.05, 0) is 36.2 Å². The van der Waals surface area contributed by atoms with Gasteiger partial charge in [-0.1, -0.05) is 17.7 Å². The monoisotopic (exact) mass is 355 g/mol. The van der Waals surface area contributed by atoms with Crippen LogP contribution in [-0.4, -0.2) is 33.6 Å². The number of halogens is 1. The van der Waals surface area contributed by atoms with Crippen molar-refractivity contribution in [1.82, 2.24) is 15.2 Å². The minimum absolute atomic E-state index is 0.180. The van der Waals surface area contributed by atoms with Gasteiger partial charge < -0.3 is 4.90 Å². The molecule has 0 bridgehead atoms. The molecule has 25 heavy (non-hydrogen) atoms. The maximum absolute atomic E-state index is 12.6. The molecule has 0 spiro atoms. The van der Waals surface area contributed by atoms with Gasteiger partial charge in [0.25, 0.3) is 5.91 Å². The lowest BCUT2D eigenvalue weighted by molar-refractivity contribution is -0.136. The fourth-order valence-corrected chi connectivity index (χ4v) is 3.39. The van der Waals surface area contributed by atoms with Crippen LogP contribution in [0.1, 0.15) is 28.8 Å². The largest absolute Gasteiger partial charge is 0.322 e. The minimum Gasteiger partial charge on any atom is -0.322 e. The fraction of sp³-hybridized carbons (Fsp3) is 0.222. The van der Waals surface area contributed by atoms with Gasteiger partial charge in [-0.25, -0.2) is 0 Å². The summed E-state index contributed by atoms with van der Waals surface area (Å²) in [5.74, 6) is -0.876. The van der Waals surface area contributed by atoms with E-state index in [9.17, 15) is 14.4 Å². The summed E-state index contributed by atoms with van der Waals surface area (Å²) in [4.78, 5) is 41.8. The molecule has 3 amide bonds. The van der Waals surface area contributed by atoms with Crippen LogP contribution in [0, 0.1) is 0 Å². The third kappa shape index (κ3) is 2.78. The number of nitrogens with zero attached hydrogens (tertiary/aromatic N) is 2. The van der Waals surface area contributed by atoms with E-state index in [0.29, 0.717) is 23.6 Å². The number of aromatic nitrogens is 1. The molecule has 1 atom stereocenters. The Morgan fingerprint density at radius 3 is 2.72 bits per heavy atom. The van der Waals surface area contributed by atoms with Crippen LogP contribution < -0.4 is 5.32 Å². The zero-order valence-corrected chi connectivity index (χ0v) is 13.9. The molecule has 1 saturated heterocycles. The lowest BCUT2D eigenvalue weighted by Gasteiger charge is -2.29. The van der Waals surface area contributed by atoms with Gasteiger partial charge >= 0.3 is 0 Å². The molecule has 2 aliphatic rings. The number of amides is 3. The molecular weight excluding hydrogens is 342 g/mol. The summed E-state index contributed by atoms with van der Waals surface area (Å²) in [6.45, 7) is 0.349. The summed E-state index contributed by atoms with van der Waals surface area (Å²) in [6, 6.07) is 8.48. The highest BCUT2D eigenvalue weighted by atomic mass is 35.5. The second-order valence-corrected chi connectivity index (χ2v) is 6.57. The summed E-state index contributed by atoms with van der Waals surface area (Å²) in [5.41, 5.74) is 3.08. The number of rotatable bonds is 2. The van der Waals surface area contributed by atoms with Gasteiger partial charge in [0.15, 0.2) is 0 Å². The van der Waals surface area contributed by atoms with Crippen LogP contribution in [0.4, 0.5) is 0 Å². The van der Waals surface area contributed by atoms with E-state index in [0.717, 1.165) is 16.8 Å². The smallest absolute Gasteiger partial charge is 0.255 e. The topological polar surface area (TPSA) is 79.4 Å². The lowest BCUT2D eigenvalue weighted by atomic mass is 10.0. The first-order valence-corrected chi connectivity index (χ1v) is 8.30. The second-order valence-electron chi connectivity index (χ2n) is 6.13. The van der Waals surface area contributed by atoms with Crippen molar-refractivity contribution in [1.29, 1.82) is 0 Å². The number of hydrogen-bond donors (Lipinski definition) is 1. The summed E-state index contributed by atoms with van der Waals surface area (Å²) in [5, 5.41) is 2.86. The van der Waals surface area contributed by atoms with Crippen LogP contribution in [0.5, 0.6) is 0 Å². The molecule has 1 N–H and O–H groups in total. The van der Waals surface area contributed by atoms with Gasteiger partial charge in [-0.3, -0.25) is 24.7 Å². The van der Waals surface area contributed by atoms with E-state index >= 15 is 0 Å². The molecule has 6 nitrogen and oxygen atoms in total. The van der Waals surface area contributed by atoms with Crippen molar-refractivity contribution in [3.05, 3.63) is 52.7 Å². The summed E-state index contributed by atoms with van der Waals surface area (Å²) in [7, 11) is 0. The lowest BCUT2D eigenvalue weighted by Crippen LogP contribution is -2.52. The molecule has 1 unspecified atom stereocenters. The van der Waals surface area contributed by atoms with E-state index in [1.165, 1.54) is 4.90 Å². The van der Waals surface area contributed by atoms with E-state index in [1.54, 1.807) is 18.3 Å². The first-order chi connectivity index (χ1) is 12.0. The quantitative estimate of drug-likeness (QED) is 0.837. The SMILES string of the molecule is O=C1CCC(N2Cc3cc(-c4ccc(Cl)cn4)ccc3C2=O)C(=O)N1. The highest BCUT2D eigenvalue weighted by Crippen LogP contribution is 2.30. The Morgan fingerprint density at radius 1 is 1.16 bits per heavy atom. The Balaban J connectivity index is 1.62. The van der Waals surface area contributed by atoms with Crippen LogP contribution in [0.25, 0.3) is 11.3 Å². The van der Waals surface area contributed by atoms with Crippen LogP contribution >= 0.6 is 11.6 Å². The molecule has 2 aliphatic heterocycles. The molecule has 0 radical (unpaired) electrons. The number of carbonyl (C=O) groups excluding carboxylic acids is 3. The van der Waals surface area contributed by atoms with Crippen LogP contribution in [0.2, 0.25) is 5.02 Å². The van der Waals surface area contributed by atoms with E-state index in [1.807, 2.05) is 18.2 Å². The first kappa shape index (κ1) is 15.8. The fourth-order valence-electron chi connectivity index (χ4n) is 3.28. The Hall–Kier alpha value is -2.73. The number of imide groups is 1. The molecule has 126 valence electrons. The number of carbonyl (C=O) groups is 3. The highest BCUT2D eigenvalue weighted by molar-refractivity contribution is 6.30. The molecule has 0 aliphatic carbocycles. The number of benzene rings is 1. The van der Waals surface area contributed by atoms with Crippen molar-refractivity contribution in [3.8, 4) is 11.3 Å². The third-order valence-electron chi connectivity index (χ3n) is 4.55. The van der Waals surface area contributed by atoms with Crippen molar-refractivity contribution in [2.75, 3.05) is 0 Å². The molecule has 1 aromatic heterocycles. The zero-order chi connectivity index (χ0) is 17.6. The number of piperidine rings is 1. The van der Waals surface area contributed by atoms with Gasteiger partial charge in [0, 0.05) is 30.3 Å². The molecular formula is C18H14ClN3O3. The molecule has 1 aromatic carbocycles. The Bertz CT molecular complexity index is 895. The van der Waals surface area contributed by atoms with Crippen LogP contribution in [0.15, 0.2) is 36.5 Å². The highest BCUT2D eigenvalue weighted by Gasteiger charge is 2.39. The molecule has 7 heteroatoms. The van der Waals surface area contributed by atoms with Gasteiger partial charge in [0.2, 0.25) is 11.8 Å². The normalized spacial score (nSPS) is 19.8. The second kappa shape index (κ2) is 5.97. The van der Waals surface area contributed by atoms with Gasteiger partial charge in [-0.15, -0.1) is 0 Å². The maximum Gasteiger partial charge on any atom is 0.255 e. The summed E-state index contributed by atoms with van der Waals surface area (Å²) >= 11 is 5.87. The van der Waals surface area contributed by atoms with Gasteiger partial charge in [0.05, 0.1) is 10.7 Å². The average Bonchev–Trinajstić information content (AvgIpc) is 2.92. The predicted octanol–water partition coefficient (Wildman–Crippen LogP) is 2.16. The summed E-state index contributed by atoms with van der Waals surface area (Å²) in [6.07, 6.45) is 2.18. The third-order valence-corrected chi connectivity index (χ3v) is 4.77. The molecule has 2 aromatic rings. The van der Waals surface area contributed by atoms with Crippen molar-refractivity contribution < 1.29 is 14.4 Å². The van der Waals surface area contributed by atoms with E-state index in [4.69, 9.17) is 11.6 Å². The first-order valence-electron chi connectivity index (χ1n) is 7.92. The Labute approximate surface area is 148 Å². The number of fused-ring (bicyclic) bond motifs is 1. The number of nitrogens with one attached hydrogen (secondary N) is 1. The van der Waals surface area contributed by atoms with Crippen molar-refractivity contribution in [2.24, 2.45) is 0 Å². The minimum atomic E-state index is -0.602. The summed E-state index contributed by atoms with van der Waals surface area (Å²) < 4.78 is 0. The predicted molar refractivity (Wildman–Crippen MR) is 90.7 cm³/mol. The average molecular weight is 356 g/mol. The Morgan fingerprint density at radius 2 is 2.00 bits per heavy atom. The Kier molecular flexibility index (Phi) is 3.77. The zero-order valence-electron chi connectivity index (χ0n) is 13.2. The molecule has 3 heterocycles. The van der Waals surface area contributed by atoms with Crippen molar-refractivity contribution in [3.63, 3.8) is 0 Å². The number of pyridine rings is 1. The molecule has 0 saturated carbocycles. The van der Waals surface area contributed by atoms with Crippen molar-refractivity contribution in [2.45, 2.75) is 25.4 Å². The van der Waals surface area contributed by atoms with E-state index in [2.05, 4.69) is 10.3 Å². The van der Waals surface area contributed by atoms with Crippen LogP contribution in [-0.2, 0) is 16.1 Å². The maximum atomic E-state index is 12.6. The molecule has 4 rings (SSSR count). The van der Waals surface area contributed by atoms with Gasteiger partial charge in [0.1, 0.15) is 6.04 Å². The van der Waals surface area contributed by atoms with E-state index in [-0.39, 0.29) is 18.2 Å². The van der Waals surface area contributed by atoms with E-state index < -0.39 is 11.9 Å².